The average Bonchev–Trinajstić information content (AvgIpc) is 2.23. The number of amides is 1. The number of nitrogens with zero attached hydrogens (tertiary/aromatic N) is 4. The number of aromatic nitrogens is 1. The normalized spacial score (nSPS) is 15.1. The molecule has 1 aromatic heterocycles. The molecule has 0 aromatic carbocycles. The number of carbonyl (C=O) groups is 1. The predicted molar refractivity (Wildman–Crippen MR) is 55.9 cm³/mol. The van der Waals surface area contributed by atoms with Gasteiger partial charge in [-0.25, -0.2) is 0 Å². The van der Waals surface area contributed by atoms with Crippen molar-refractivity contribution in [2.45, 2.75) is 6.04 Å². The maximum Gasteiger partial charge on any atom is 0.255 e. The van der Waals surface area contributed by atoms with Crippen LogP contribution in [-0.4, -0.2) is 34.9 Å². The van der Waals surface area contributed by atoms with Crippen LogP contribution in [0.5, 0.6) is 0 Å². The maximum atomic E-state index is 11.8. The molecule has 0 spiro atoms. The Labute approximate surface area is 90.3 Å². The summed E-state index contributed by atoms with van der Waals surface area (Å²) in [5.41, 5.74) is 8.38. The monoisotopic (exact) mass is 219 g/mol. The van der Waals surface area contributed by atoms with Gasteiger partial charge in [0, 0.05) is 30.3 Å². The summed E-state index contributed by atoms with van der Waals surface area (Å²) in [4.78, 5) is 29.2. The highest BCUT2D eigenvalue weighted by Gasteiger charge is 2.30. The molecule has 82 valence electrons. The molecule has 0 unspecified atom stereocenters. The molecule has 0 bridgehead atoms. The van der Waals surface area contributed by atoms with Crippen LogP contribution < -0.4 is 5.56 Å². The largest absolute Gasteiger partial charge is 0.338 e. The summed E-state index contributed by atoms with van der Waals surface area (Å²) in [6, 6.07) is 2.65. The van der Waals surface area contributed by atoms with Gasteiger partial charge in [0.25, 0.3) is 5.91 Å². The van der Waals surface area contributed by atoms with Gasteiger partial charge in [-0.3, -0.25) is 9.59 Å². The summed E-state index contributed by atoms with van der Waals surface area (Å²) in [7, 11) is 0. The van der Waals surface area contributed by atoms with Crippen LogP contribution in [0.25, 0.3) is 10.4 Å². The summed E-state index contributed by atoms with van der Waals surface area (Å²) in [6.07, 6.45) is 1.38. The molecule has 0 saturated carbocycles. The van der Waals surface area contributed by atoms with Crippen molar-refractivity contribution in [2.24, 2.45) is 5.11 Å². The lowest BCUT2D eigenvalue weighted by Crippen LogP contribution is -2.52. The Morgan fingerprint density at radius 2 is 2.31 bits per heavy atom. The maximum absolute atomic E-state index is 11.8. The molecule has 1 fully saturated rings. The Balaban J connectivity index is 2.02. The van der Waals surface area contributed by atoms with Crippen LogP contribution in [0.15, 0.2) is 28.2 Å². The van der Waals surface area contributed by atoms with Gasteiger partial charge in [-0.1, -0.05) is 5.11 Å². The van der Waals surface area contributed by atoms with E-state index in [1.165, 1.54) is 18.3 Å². The smallest absolute Gasteiger partial charge is 0.255 e. The predicted octanol–water partition coefficient (Wildman–Crippen LogP) is 0.510. The summed E-state index contributed by atoms with van der Waals surface area (Å²) >= 11 is 0. The molecule has 0 aliphatic carbocycles. The van der Waals surface area contributed by atoms with Crippen molar-refractivity contribution in [3.63, 3.8) is 0 Å². The van der Waals surface area contributed by atoms with Gasteiger partial charge in [-0.05, 0) is 11.6 Å². The molecule has 7 nitrogen and oxygen atoms in total. The fourth-order valence-electron chi connectivity index (χ4n) is 1.49. The van der Waals surface area contributed by atoms with E-state index in [0.717, 1.165) is 0 Å². The molecule has 16 heavy (non-hydrogen) atoms. The van der Waals surface area contributed by atoms with Crippen LogP contribution in [0.1, 0.15) is 10.4 Å². The van der Waals surface area contributed by atoms with Crippen molar-refractivity contribution in [1.29, 1.82) is 0 Å². The summed E-state index contributed by atoms with van der Waals surface area (Å²) < 4.78 is 0. The quantitative estimate of drug-likeness (QED) is 0.445. The van der Waals surface area contributed by atoms with Gasteiger partial charge in [0.05, 0.1) is 11.6 Å². The Morgan fingerprint density at radius 1 is 1.56 bits per heavy atom. The fraction of sp³-hybridized carbons (Fsp3) is 0.333. The number of carbonyl (C=O) groups excluding carboxylic acids is 1. The zero-order valence-electron chi connectivity index (χ0n) is 8.33. The molecule has 1 aromatic rings. The van der Waals surface area contributed by atoms with E-state index >= 15 is 0 Å². The molecule has 2 rings (SSSR count). The first kappa shape index (κ1) is 10.3. The van der Waals surface area contributed by atoms with Crippen molar-refractivity contribution in [1.82, 2.24) is 9.88 Å². The van der Waals surface area contributed by atoms with Crippen molar-refractivity contribution in [3.8, 4) is 0 Å². The average molecular weight is 219 g/mol. The molecule has 2 heterocycles. The highest BCUT2D eigenvalue weighted by molar-refractivity contribution is 5.94. The molecular weight excluding hydrogens is 210 g/mol. The first-order valence-electron chi connectivity index (χ1n) is 4.73. The van der Waals surface area contributed by atoms with Crippen LogP contribution in [0, 0.1) is 0 Å². The standard InChI is InChI=1S/C9H9N5O2/c10-13-12-7-4-14(5-7)9(16)6-1-2-8(15)11-3-6/h1-3,7H,4-5H2,(H,11,15). The summed E-state index contributed by atoms with van der Waals surface area (Å²) in [5, 5.41) is 3.50. The van der Waals surface area contributed by atoms with Crippen LogP contribution in [0.2, 0.25) is 0 Å². The zero-order valence-corrected chi connectivity index (χ0v) is 8.33. The lowest BCUT2D eigenvalue weighted by molar-refractivity contribution is 0.0608. The third-order valence-corrected chi connectivity index (χ3v) is 2.40. The Morgan fingerprint density at radius 3 is 2.88 bits per heavy atom. The van der Waals surface area contributed by atoms with E-state index in [-0.39, 0.29) is 17.5 Å². The van der Waals surface area contributed by atoms with Gasteiger partial charge in [-0.15, -0.1) is 0 Å². The number of hydrogen-bond acceptors (Lipinski definition) is 3. The van der Waals surface area contributed by atoms with E-state index < -0.39 is 0 Å². The van der Waals surface area contributed by atoms with Gasteiger partial charge in [0.1, 0.15) is 0 Å². The Hall–Kier alpha value is -2.27. The number of H-pyrrole nitrogens is 1. The van der Waals surface area contributed by atoms with Crippen molar-refractivity contribution < 1.29 is 4.79 Å². The number of rotatable bonds is 2. The van der Waals surface area contributed by atoms with Gasteiger partial charge < -0.3 is 9.88 Å². The molecule has 1 aliphatic rings. The third kappa shape index (κ3) is 1.89. The number of hydrogen-bond donors (Lipinski definition) is 1. The second-order valence-corrected chi connectivity index (χ2v) is 3.51. The Bertz CT molecular complexity index is 490. The van der Waals surface area contributed by atoms with Gasteiger partial charge >= 0.3 is 0 Å². The zero-order chi connectivity index (χ0) is 11.5. The lowest BCUT2D eigenvalue weighted by atomic mass is 10.1. The van der Waals surface area contributed by atoms with Crippen LogP contribution in [0.3, 0.4) is 0 Å². The van der Waals surface area contributed by atoms with E-state index in [0.29, 0.717) is 18.7 Å². The molecular formula is C9H9N5O2. The van der Waals surface area contributed by atoms with E-state index in [2.05, 4.69) is 15.0 Å². The number of azide groups is 1. The minimum atomic E-state index is -0.243. The molecule has 0 atom stereocenters. The summed E-state index contributed by atoms with van der Waals surface area (Å²) in [5.74, 6) is -0.166. The first-order valence-corrected chi connectivity index (χ1v) is 4.73. The second-order valence-electron chi connectivity index (χ2n) is 3.51. The van der Waals surface area contributed by atoms with Crippen molar-refractivity contribution in [3.05, 3.63) is 44.7 Å². The lowest BCUT2D eigenvalue weighted by Gasteiger charge is -2.36. The van der Waals surface area contributed by atoms with Crippen LogP contribution in [0.4, 0.5) is 0 Å². The van der Waals surface area contributed by atoms with Gasteiger partial charge in [0.15, 0.2) is 0 Å². The topological polar surface area (TPSA) is 102 Å². The number of pyridine rings is 1. The minimum absolute atomic E-state index is 0.128. The molecule has 1 saturated heterocycles. The molecule has 1 amide bonds. The SMILES string of the molecule is [N-]=[N+]=NC1CN(C(=O)c2ccc(=O)[nH]c2)C1. The van der Waals surface area contributed by atoms with Gasteiger partial charge in [-0.2, -0.15) is 0 Å². The summed E-state index contributed by atoms with van der Waals surface area (Å²) in [6.45, 7) is 0.865. The number of aromatic amines is 1. The minimum Gasteiger partial charge on any atom is -0.338 e. The second kappa shape index (κ2) is 4.08. The molecule has 0 radical (unpaired) electrons. The molecule has 7 heteroatoms. The first-order chi connectivity index (χ1) is 7.70. The van der Waals surface area contributed by atoms with E-state index in [1.807, 2.05) is 0 Å². The highest BCUT2D eigenvalue weighted by Crippen LogP contribution is 2.14. The van der Waals surface area contributed by atoms with Crippen LogP contribution in [-0.2, 0) is 0 Å². The van der Waals surface area contributed by atoms with Gasteiger partial charge in [0.2, 0.25) is 5.56 Å². The number of likely N-dealkylation sites (tertiary alicyclic amines) is 1. The van der Waals surface area contributed by atoms with Crippen molar-refractivity contribution in [2.75, 3.05) is 13.1 Å². The van der Waals surface area contributed by atoms with E-state index in [4.69, 9.17) is 5.53 Å². The Kier molecular flexibility index (Phi) is 2.61. The molecule has 1 aliphatic heterocycles. The number of nitrogens with one attached hydrogen (secondary N) is 1. The van der Waals surface area contributed by atoms with Crippen molar-refractivity contribution >= 4 is 5.91 Å². The van der Waals surface area contributed by atoms with E-state index in [9.17, 15) is 9.59 Å². The molecule has 1 N–H and O–H groups in total. The van der Waals surface area contributed by atoms with E-state index in [1.54, 1.807) is 4.90 Å². The third-order valence-electron chi connectivity index (χ3n) is 2.40. The highest BCUT2D eigenvalue weighted by atomic mass is 16.2. The van der Waals surface area contributed by atoms with Crippen LogP contribution >= 0.6 is 0 Å². The fourth-order valence-corrected chi connectivity index (χ4v) is 1.49.